The highest BCUT2D eigenvalue weighted by Gasteiger charge is 2.02. The maximum absolute atomic E-state index is 5.56. The zero-order valence-electron chi connectivity index (χ0n) is 9.53. The second-order valence-corrected chi connectivity index (χ2v) is 3.87. The maximum atomic E-state index is 5.56. The van der Waals surface area contributed by atoms with E-state index in [1.807, 2.05) is 0 Å². The molecule has 4 nitrogen and oxygen atoms in total. The van der Waals surface area contributed by atoms with Gasteiger partial charge in [-0.15, -0.1) is 0 Å². The van der Waals surface area contributed by atoms with Gasteiger partial charge in [0.1, 0.15) is 18.0 Å². The summed E-state index contributed by atoms with van der Waals surface area (Å²) in [5, 5.41) is 3.31. The van der Waals surface area contributed by atoms with Gasteiger partial charge in [0.2, 0.25) is 0 Å². The fourth-order valence-corrected chi connectivity index (χ4v) is 1.48. The number of rotatable bonds is 6. The van der Waals surface area contributed by atoms with Crippen molar-refractivity contribution in [3.8, 4) is 0 Å². The van der Waals surface area contributed by atoms with Gasteiger partial charge in [0.25, 0.3) is 0 Å². The van der Waals surface area contributed by atoms with E-state index in [1.54, 1.807) is 6.07 Å². The Morgan fingerprint density at radius 2 is 2.20 bits per heavy atom. The smallest absolute Gasteiger partial charge is 0.131 e. The standard InChI is InChI=1S/C11H20N4/c1-3-4-5-6-9(2)15-11-7-10(12)13-8-14-11/h7-9H,3-6H2,1-2H3,(H3,12,13,14,15). The Bertz CT molecular complexity index is 288. The number of nitrogens with zero attached hydrogens (tertiary/aromatic N) is 2. The van der Waals surface area contributed by atoms with E-state index in [0.717, 1.165) is 12.2 Å². The highest BCUT2D eigenvalue weighted by atomic mass is 15.0. The van der Waals surface area contributed by atoms with Crippen LogP contribution in [-0.2, 0) is 0 Å². The van der Waals surface area contributed by atoms with E-state index in [1.165, 1.54) is 25.6 Å². The highest BCUT2D eigenvalue weighted by molar-refractivity contribution is 5.43. The lowest BCUT2D eigenvalue weighted by atomic mass is 10.1. The summed E-state index contributed by atoms with van der Waals surface area (Å²) in [6.07, 6.45) is 6.45. The summed E-state index contributed by atoms with van der Waals surface area (Å²) in [4.78, 5) is 7.95. The predicted octanol–water partition coefficient (Wildman–Crippen LogP) is 2.44. The van der Waals surface area contributed by atoms with Crippen molar-refractivity contribution in [2.75, 3.05) is 11.1 Å². The lowest BCUT2D eigenvalue weighted by molar-refractivity contribution is 0.613. The van der Waals surface area contributed by atoms with Gasteiger partial charge in [-0.25, -0.2) is 9.97 Å². The van der Waals surface area contributed by atoms with Crippen LogP contribution in [0.1, 0.15) is 39.5 Å². The number of nitrogen functional groups attached to an aromatic ring is 1. The van der Waals surface area contributed by atoms with Crippen LogP contribution in [-0.4, -0.2) is 16.0 Å². The van der Waals surface area contributed by atoms with Crippen molar-refractivity contribution >= 4 is 11.6 Å². The van der Waals surface area contributed by atoms with E-state index in [0.29, 0.717) is 11.9 Å². The van der Waals surface area contributed by atoms with Crippen molar-refractivity contribution in [2.45, 2.75) is 45.6 Å². The molecule has 1 unspecified atom stereocenters. The van der Waals surface area contributed by atoms with Gasteiger partial charge in [-0.1, -0.05) is 26.2 Å². The van der Waals surface area contributed by atoms with Gasteiger partial charge in [0.05, 0.1) is 0 Å². The van der Waals surface area contributed by atoms with Gasteiger partial charge in [-0.05, 0) is 13.3 Å². The fraction of sp³-hybridized carbons (Fsp3) is 0.636. The van der Waals surface area contributed by atoms with E-state index in [4.69, 9.17) is 5.73 Å². The molecule has 1 aromatic heterocycles. The maximum Gasteiger partial charge on any atom is 0.131 e. The largest absolute Gasteiger partial charge is 0.384 e. The first-order valence-electron chi connectivity index (χ1n) is 5.56. The summed E-state index contributed by atoms with van der Waals surface area (Å²) in [7, 11) is 0. The summed E-state index contributed by atoms with van der Waals surface area (Å²) in [5.74, 6) is 1.32. The number of aromatic nitrogens is 2. The lowest BCUT2D eigenvalue weighted by Crippen LogP contribution is -2.16. The van der Waals surface area contributed by atoms with Crippen LogP contribution in [0, 0.1) is 0 Å². The summed E-state index contributed by atoms with van der Waals surface area (Å²) in [5.41, 5.74) is 5.56. The summed E-state index contributed by atoms with van der Waals surface area (Å²) >= 11 is 0. The monoisotopic (exact) mass is 208 g/mol. The number of nitrogens with two attached hydrogens (primary N) is 1. The first-order chi connectivity index (χ1) is 7.22. The quantitative estimate of drug-likeness (QED) is 0.705. The molecule has 1 aromatic rings. The van der Waals surface area contributed by atoms with Crippen LogP contribution < -0.4 is 11.1 Å². The summed E-state index contributed by atoms with van der Waals surface area (Å²) in [6.45, 7) is 4.37. The molecule has 0 aliphatic heterocycles. The molecule has 0 saturated heterocycles. The minimum absolute atomic E-state index is 0.436. The van der Waals surface area contributed by atoms with E-state index in [-0.39, 0.29) is 0 Å². The Morgan fingerprint density at radius 1 is 1.40 bits per heavy atom. The summed E-state index contributed by atoms with van der Waals surface area (Å²) < 4.78 is 0. The van der Waals surface area contributed by atoms with Crippen molar-refractivity contribution in [1.29, 1.82) is 0 Å². The SMILES string of the molecule is CCCCCC(C)Nc1cc(N)ncn1. The van der Waals surface area contributed by atoms with Crippen LogP contribution in [0.2, 0.25) is 0 Å². The van der Waals surface area contributed by atoms with Gasteiger partial charge in [-0.2, -0.15) is 0 Å². The van der Waals surface area contributed by atoms with Gasteiger partial charge >= 0.3 is 0 Å². The molecule has 0 fully saturated rings. The molecule has 1 rings (SSSR count). The number of anilines is 2. The van der Waals surface area contributed by atoms with Crippen molar-refractivity contribution in [1.82, 2.24) is 9.97 Å². The summed E-state index contributed by atoms with van der Waals surface area (Å²) in [6, 6.07) is 2.20. The molecule has 15 heavy (non-hydrogen) atoms. The molecule has 0 bridgehead atoms. The van der Waals surface area contributed by atoms with Crippen LogP contribution in [0.15, 0.2) is 12.4 Å². The average Bonchev–Trinajstić information content (AvgIpc) is 2.18. The van der Waals surface area contributed by atoms with Gasteiger partial charge in [0, 0.05) is 12.1 Å². The average molecular weight is 208 g/mol. The first kappa shape index (κ1) is 11.8. The van der Waals surface area contributed by atoms with Gasteiger partial charge < -0.3 is 11.1 Å². The molecular formula is C11H20N4. The third-order valence-corrected chi connectivity index (χ3v) is 2.32. The van der Waals surface area contributed by atoms with Gasteiger partial charge in [-0.3, -0.25) is 0 Å². The molecule has 0 amide bonds. The van der Waals surface area contributed by atoms with E-state index < -0.39 is 0 Å². The van der Waals surface area contributed by atoms with Crippen molar-refractivity contribution in [3.63, 3.8) is 0 Å². The minimum atomic E-state index is 0.436. The molecule has 3 N–H and O–H groups in total. The van der Waals surface area contributed by atoms with Crippen LogP contribution in [0.5, 0.6) is 0 Å². The number of hydrogen-bond donors (Lipinski definition) is 2. The molecular weight excluding hydrogens is 188 g/mol. The second kappa shape index (κ2) is 6.22. The molecule has 1 atom stereocenters. The lowest BCUT2D eigenvalue weighted by Gasteiger charge is -2.13. The Hall–Kier alpha value is -1.32. The van der Waals surface area contributed by atoms with Crippen LogP contribution in [0.4, 0.5) is 11.6 Å². The third kappa shape index (κ3) is 4.63. The molecule has 0 saturated carbocycles. The molecule has 0 aliphatic carbocycles. The molecule has 1 heterocycles. The minimum Gasteiger partial charge on any atom is -0.384 e. The first-order valence-corrected chi connectivity index (χ1v) is 5.56. The van der Waals surface area contributed by atoms with Crippen LogP contribution >= 0.6 is 0 Å². The van der Waals surface area contributed by atoms with Crippen LogP contribution in [0.25, 0.3) is 0 Å². The van der Waals surface area contributed by atoms with Crippen molar-refractivity contribution in [3.05, 3.63) is 12.4 Å². The molecule has 0 aliphatic rings. The molecule has 0 spiro atoms. The number of hydrogen-bond acceptors (Lipinski definition) is 4. The number of unbranched alkanes of at least 4 members (excludes halogenated alkanes) is 2. The Morgan fingerprint density at radius 3 is 2.87 bits per heavy atom. The van der Waals surface area contributed by atoms with Gasteiger partial charge in [0.15, 0.2) is 0 Å². The zero-order chi connectivity index (χ0) is 11.1. The topological polar surface area (TPSA) is 63.8 Å². The van der Waals surface area contributed by atoms with Crippen LogP contribution in [0.3, 0.4) is 0 Å². The van der Waals surface area contributed by atoms with E-state index in [2.05, 4.69) is 29.1 Å². The van der Waals surface area contributed by atoms with Crippen molar-refractivity contribution < 1.29 is 0 Å². The molecule has 0 radical (unpaired) electrons. The van der Waals surface area contributed by atoms with Crippen molar-refractivity contribution in [2.24, 2.45) is 0 Å². The fourth-order valence-electron chi connectivity index (χ4n) is 1.48. The zero-order valence-corrected chi connectivity index (χ0v) is 9.53. The third-order valence-electron chi connectivity index (χ3n) is 2.32. The Kier molecular flexibility index (Phi) is 4.87. The molecule has 4 heteroatoms. The normalized spacial score (nSPS) is 12.4. The molecule has 84 valence electrons. The highest BCUT2D eigenvalue weighted by Crippen LogP contribution is 2.10. The molecule has 0 aromatic carbocycles. The van der Waals surface area contributed by atoms with E-state index in [9.17, 15) is 0 Å². The predicted molar refractivity (Wildman–Crippen MR) is 63.7 cm³/mol. The number of nitrogens with one attached hydrogen (secondary N) is 1. The second-order valence-electron chi connectivity index (χ2n) is 3.87. The van der Waals surface area contributed by atoms with E-state index >= 15 is 0 Å². The Balaban J connectivity index is 2.34. The Labute approximate surface area is 91.3 Å².